The van der Waals surface area contributed by atoms with Gasteiger partial charge in [-0.1, -0.05) is 0 Å². The lowest BCUT2D eigenvalue weighted by molar-refractivity contribution is -0.271. The molecule has 12 heavy (non-hydrogen) atoms. The molecule has 0 aliphatic carbocycles. The Morgan fingerprint density at radius 3 is 2.25 bits per heavy atom. The summed E-state index contributed by atoms with van der Waals surface area (Å²) in [5, 5.41) is 35.3. The van der Waals surface area contributed by atoms with Gasteiger partial charge in [-0.3, -0.25) is 0 Å². The molecule has 5 nitrogen and oxygen atoms in total. The van der Waals surface area contributed by atoms with Crippen LogP contribution in [0.25, 0.3) is 0 Å². The zero-order chi connectivity index (χ0) is 9.30. The topological polar surface area (TPSA) is 90.2 Å². The van der Waals surface area contributed by atoms with Crippen molar-refractivity contribution in [3.05, 3.63) is 0 Å². The van der Waals surface area contributed by atoms with E-state index < -0.39 is 37.4 Å². The van der Waals surface area contributed by atoms with E-state index in [1.165, 1.54) is 0 Å². The van der Waals surface area contributed by atoms with Gasteiger partial charge in [0, 0.05) is 0 Å². The van der Waals surface area contributed by atoms with Crippen LogP contribution in [0.1, 0.15) is 0 Å². The van der Waals surface area contributed by atoms with Crippen LogP contribution in [0.4, 0.5) is 4.39 Å². The Morgan fingerprint density at radius 2 is 1.75 bits per heavy atom. The maximum atomic E-state index is 12.7. The molecule has 72 valence electrons. The van der Waals surface area contributed by atoms with E-state index in [1.807, 2.05) is 0 Å². The van der Waals surface area contributed by atoms with Crippen molar-refractivity contribution in [3.8, 4) is 0 Å². The van der Waals surface area contributed by atoms with E-state index in [9.17, 15) is 4.39 Å². The van der Waals surface area contributed by atoms with Crippen LogP contribution in [0.15, 0.2) is 0 Å². The fourth-order valence-corrected chi connectivity index (χ4v) is 1.06. The predicted octanol–water partition coefficient (Wildman–Crippen LogP) is -2.24. The molecule has 0 spiro atoms. The lowest BCUT2D eigenvalue weighted by Crippen LogP contribution is -2.56. The number of hydrogen-bond donors (Lipinski definition) is 4. The van der Waals surface area contributed by atoms with Gasteiger partial charge in [-0.25, -0.2) is 4.39 Å². The first kappa shape index (κ1) is 9.82. The van der Waals surface area contributed by atoms with E-state index in [0.29, 0.717) is 0 Å². The van der Waals surface area contributed by atoms with Crippen molar-refractivity contribution in [3.63, 3.8) is 0 Å². The molecule has 0 aromatic rings. The van der Waals surface area contributed by atoms with Crippen molar-refractivity contribution in [1.82, 2.24) is 0 Å². The van der Waals surface area contributed by atoms with E-state index in [1.54, 1.807) is 0 Å². The second-order valence-corrected chi connectivity index (χ2v) is 2.67. The molecule has 1 aliphatic heterocycles. The third-order valence-electron chi connectivity index (χ3n) is 1.82. The molecule has 0 unspecified atom stereocenters. The first-order valence-electron chi connectivity index (χ1n) is 3.52. The highest BCUT2D eigenvalue weighted by atomic mass is 19.1. The average molecular weight is 182 g/mol. The third kappa shape index (κ3) is 1.57. The molecule has 0 saturated carbocycles. The van der Waals surface area contributed by atoms with Crippen molar-refractivity contribution in [1.29, 1.82) is 0 Å². The molecule has 4 N–H and O–H groups in total. The molecule has 0 radical (unpaired) electrons. The van der Waals surface area contributed by atoms with E-state index >= 15 is 0 Å². The molecule has 0 aromatic carbocycles. The summed E-state index contributed by atoms with van der Waals surface area (Å²) in [6, 6.07) is 0. The summed E-state index contributed by atoms with van der Waals surface area (Å²) in [6.07, 6.45) is -8.19. The second kappa shape index (κ2) is 3.63. The maximum Gasteiger partial charge on any atom is 0.189 e. The molecule has 5 atom stereocenters. The monoisotopic (exact) mass is 182 g/mol. The zero-order valence-electron chi connectivity index (χ0n) is 6.17. The minimum atomic E-state index is -2.04. The third-order valence-corrected chi connectivity index (χ3v) is 1.82. The Kier molecular flexibility index (Phi) is 2.97. The molecular formula is C6H11FO5. The van der Waals surface area contributed by atoms with E-state index in [2.05, 4.69) is 4.74 Å². The molecule has 1 heterocycles. The van der Waals surface area contributed by atoms with Gasteiger partial charge in [0.25, 0.3) is 0 Å². The Hall–Kier alpha value is -0.270. The molecule has 0 amide bonds. The summed E-state index contributed by atoms with van der Waals surface area (Å²) in [6.45, 7) is -0.581. The van der Waals surface area contributed by atoms with Gasteiger partial charge in [0.1, 0.15) is 18.3 Å². The van der Waals surface area contributed by atoms with Crippen LogP contribution >= 0.6 is 0 Å². The van der Waals surface area contributed by atoms with Crippen LogP contribution in [0, 0.1) is 0 Å². The van der Waals surface area contributed by atoms with Gasteiger partial charge in [0.2, 0.25) is 0 Å². The number of aliphatic hydroxyl groups is 4. The minimum absolute atomic E-state index is 0.581. The molecule has 1 rings (SSSR count). The molecule has 1 saturated heterocycles. The standard InChI is InChI=1S/C6H11FO5/c7-3-5(10)4(9)2(1-8)12-6(3)11/h2-6,8-11H,1H2/t2-,3+,4+,5-,6-/m0/s1. The van der Waals surface area contributed by atoms with Crippen LogP contribution in [-0.2, 0) is 4.74 Å². The fourth-order valence-electron chi connectivity index (χ4n) is 1.06. The lowest BCUT2D eigenvalue weighted by atomic mass is 10.0. The molecule has 0 bridgehead atoms. The minimum Gasteiger partial charge on any atom is -0.394 e. The summed E-state index contributed by atoms with van der Waals surface area (Å²) in [5.74, 6) is 0. The van der Waals surface area contributed by atoms with Crippen molar-refractivity contribution in [2.24, 2.45) is 0 Å². The van der Waals surface area contributed by atoms with Crippen LogP contribution < -0.4 is 0 Å². The van der Waals surface area contributed by atoms with Gasteiger partial charge >= 0.3 is 0 Å². The molecule has 0 aromatic heterocycles. The van der Waals surface area contributed by atoms with Crippen LogP contribution in [0.5, 0.6) is 0 Å². The molecular weight excluding hydrogens is 171 g/mol. The maximum absolute atomic E-state index is 12.7. The SMILES string of the molecule is OC[C@@H]1O[C@H](O)[C@H](F)[C@H](O)[C@@H]1O. The first-order valence-corrected chi connectivity index (χ1v) is 3.52. The second-order valence-electron chi connectivity index (χ2n) is 2.67. The van der Waals surface area contributed by atoms with Crippen LogP contribution in [0.2, 0.25) is 0 Å². The van der Waals surface area contributed by atoms with E-state index in [4.69, 9.17) is 20.4 Å². The van der Waals surface area contributed by atoms with Gasteiger partial charge in [0.15, 0.2) is 12.5 Å². The largest absolute Gasteiger partial charge is 0.394 e. The van der Waals surface area contributed by atoms with Crippen molar-refractivity contribution >= 4 is 0 Å². The first-order chi connectivity index (χ1) is 5.57. The van der Waals surface area contributed by atoms with Gasteiger partial charge in [-0.05, 0) is 0 Å². The molecule has 6 heteroatoms. The average Bonchev–Trinajstić information content (AvgIpc) is 2.08. The van der Waals surface area contributed by atoms with Gasteiger partial charge in [0.05, 0.1) is 6.61 Å². The quantitative estimate of drug-likeness (QED) is 0.368. The molecule has 1 fully saturated rings. The molecule has 1 aliphatic rings. The summed E-state index contributed by atoms with van der Waals surface area (Å²) in [7, 11) is 0. The summed E-state index contributed by atoms with van der Waals surface area (Å²) < 4.78 is 17.1. The van der Waals surface area contributed by atoms with Crippen molar-refractivity contribution in [2.75, 3.05) is 6.61 Å². The Morgan fingerprint density at radius 1 is 1.17 bits per heavy atom. The normalized spacial score (nSPS) is 49.2. The Bertz CT molecular complexity index is 150. The lowest BCUT2D eigenvalue weighted by Gasteiger charge is -2.36. The van der Waals surface area contributed by atoms with Gasteiger partial charge in [-0.2, -0.15) is 0 Å². The Labute approximate surface area is 68.0 Å². The van der Waals surface area contributed by atoms with Crippen LogP contribution in [-0.4, -0.2) is 57.8 Å². The number of alkyl halides is 1. The Balaban J connectivity index is 2.63. The van der Waals surface area contributed by atoms with Crippen molar-refractivity contribution < 1.29 is 29.6 Å². The predicted molar refractivity (Wildman–Crippen MR) is 34.9 cm³/mol. The van der Waals surface area contributed by atoms with E-state index in [-0.39, 0.29) is 0 Å². The van der Waals surface area contributed by atoms with E-state index in [0.717, 1.165) is 0 Å². The number of rotatable bonds is 1. The fraction of sp³-hybridized carbons (Fsp3) is 1.00. The number of hydrogen-bond acceptors (Lipinski definition) is 5. The summed E-state index contributed by atoms with van der Waals surface area (Å²) in [4.78, 5) is 0. The highest BCUT2D eigenvalue weighted by Crippen LogP contribution is 2.21. The number of ether oxygens (including phenoxy) is 1. The van der Waals surface area contributed by atoms with Crippen molar-refractivity contribution in [2.45, 2.75) is 30.8 Å². The van der Waals surface area contributed by atoms with Gasteiger partial charge in [-0.15, -0.1) is 0 Å². The van der Waals surface area contributed by atoms with Crippen LogP contribution in [0.3, 0.4) is 0 Å². The number of aliphatic hydroxyl groups excluding tert-OH is 4. The highest BCUT2D eigenvalue weighted by molar-refractivity contribution is 4.88. The number of halogens is 1. The van der Waals surface area contributed by atoms with Gasteiger partial charge < -0.3 is 25.2 Å². The summed E-state index contributed by atoms with van der Waals surface area (Å²) in [5.41, 5.74) is 0. The zero-order valence-corrected chi connectivity index (χ0v) is 6.17. The smallest absolute Gasteiger partial charge is 0.189 e. The summed E-state index contributed by atoms with van der Waals surface area (Å²) >= 11 is 0. The highest BCUT2D eigenvalue weighted by Gasteiger charge is 2.43.